The third kappa shape index (κ3) is 4.12. The molecule has 128 valence electrons. The zero-order chi connectivity index (χ0) is 17.7. The molecule has 1 aromatic carbocycles. The topological polar surface area (TPSA) is 127 Å². The van der Waals surface area contributed by atoms with Gasteiger partial charge < -0.3 is 10.8 Å². The van der Waals surface area contributed by atoms with Gasteiger partial charge in [0, 0.05) is 13.2 Å². The lowest BCUT2D eigenvalue weighted by Gasteiger charge is -2.15. The summed E-state index contributed by atoms with van der Waals surface area (Å²) in [6.45, 7) is 1.79. The number of fused-ring (bicyclic) bond motifs is 1. The molecule has 0 bridgehead atoms. The smallest absolute Gasteiger partial charge is 0.318 e. The van der Waals surface area contributed by atoms with Crippen molar-refractivity contribution in [3.8, 4) is 0 Å². The molecule has 4 N–H and O–H groups in total. The van der Waals surface area contributed by atoms with Crippen molar-refractivity contribution >= 4 is 34.6 Å². The minimum atomic E-state index is -0.934. The van der Waals surface area contributed by atoms with Crippen LogP contribution < -0.4 is 16.6 Å². The van der Waals surface area contributed by atoms with Gasteiger partial charge in [0.05, 0.1) is 16.2 Å². The maximum atomic E-state index is 12.6. The Bertz CT molecular complexity index is 821. The second kappa shape index (κ2) is 7.93. The Kier molecular flexibility index (Phi) is 5.93. The van der Waals surface area contributed by atoms with Crippen LogP contribution in [0.3, 0.4) is 0 Å². The number of carbonyl (C=O) groups excluding carboxylic acids is 2. The van der Waals surface area contributed by atoms with Crippen LogP contribution in [-0.4, -0.2) is 38.5 Å². The highest BCUT2D eigenvalue weighted by atomic mass is 32.2. The number of rotatable bonds is 6. The summed E-state index contributed by atoms with van der Waals surface area (Å²) in [6.07, 6.45) is 0.384. The summed E-state index contributed by atoms with van der Waals surface area (Å²) in [5.41, 5.74) is 5.22. The van der Waals surface area contributed by atoms with Gasteiger partial charge in [0.1, 0.15) is 0 Å². The van der Waals surface area contributed by atoms with Crippen LogP contribution in [0.25, 0.3) is 10.9 Å². The number of aliphatic hydroxyl groups excluding tert-OH is 1. The molecule has 0 saturated heterocycles. The van der Waals surface area contributed by atoms with Gasteiger partial charge in [-0.05, 0) is 25.5 Å². The van der Waals surface area contributed by atoms with E-state index in [9.17, 15) is 14.4 Å². The van der Waals surface area contributed by atoms with Crippen molar-refractivity contribution < 1.29 is 14.7 Å². The first kappa shape index (κ1) is 18.0. The van der Waals surface area contributed by atoms with Crippen LogP contribution in [0.2, 0.25) is 0 Å². The lowest BCUT2D eigenvalue weighted by molar-refractivity contribution is -0.119. The third-order valence-corrected chi connectivity index (χ3v) is 4.35. The van der Waals surface area contributed by atoms with Gasteiger partial charge in [0.15, 0.2) is 5.16 Å². The van der Waals surface area contributed by atoms with E-state index >= 15 is 0 Å². The number of imide groups is 1. The number of aromatic nitrogens is 2. The zero-order valence-electron chi connectivity index (χ0n) is 13.1. The molecule has 3 amide bonds. The van der Waals surface area contributed by atoms with Gasteiger partial charge in [-0.15, -0.1) is 0 Å². The van der Waals surface area contributed by atoms with Crippen molar-refractivity contribution in [3.05, 3.63) is 34.6 Å². The SMILES string of the molecule is C[C@H](Sc1nc2ccccc2c(=O)n1CCCO)C(=O)NC(N)=O. The number of primary amides is 1. The molecule has 2 aromatic rings. The maximum Gasteiger partial charge on any atom is 0.318 e. The molecule has 2 rings (SSSR count). The van der Waals surface area contributed by atoms with Gasteiger partial charge in [-0.1, -0.05) is 23.9 Å². The number of nitrogens with zero attached hydrogens (tertiary/aromatic N) is 2. The Morgan fingerprint density at radius 3 is 2.79 bits per heavy atom. The maximum absolute atomic E-state index is 12.6. The predicted octanol–water partition coefficient (Wildman–Crippen LogP) is 0.454. The molecule has 0 radical (unpaired) electrons. The summed E-state index contributed by atoms with van der Waals surface area (Å²) < 4.78 is 1.43. The molecule has 0 saturated carbocycles. The highest BCUT2D eigenvalue weighted by Crippen LogP contribution is 2.22. The van der Waals surface area contributed by atoms with E-state index in [-0.39, 0.29) is 18.7 Å². The van der Waals surface area contributed by atoms with Crippen LogP contribution in [-0.2, 0) is 11.3 Å². The van der Waals surface area contributed by atoms with Crippen LogP contribution in [0, 0.1) is 0 Å². The van der Waals surface area contributed by atoms with Gasteiger partial charge in [-0.3, -0.25) is 19.5 Å². The van der Waals surface area contributed by atoms with Gasteiger partial charge in [-0.2, -0.15) is 0 Å². The van der Waals surface area contributed by atoms with Crippen molar-refractivity contribution in [1.29, 1.82) is 0 Å². The molecule has 0 unspecified atom stereocenters. The highest BCUT2D eigenvalue weighted by Gasteiger charge is 2.20. The second-order valence-electron chi connectivity index (χ2n) is 5.06. The number of thioether (sulfide) groups is 1. The van der Waals surface area contributed by atoms with Crippen LogP contribution in [0.5, 0.6) is 0 Å². The predicted molar refractivity (Wildman–Crippen MR) is 90.8 cm³/mol. The van der Waals surface area contributed by atoms with Crippen molar-refractivity contribution in [1.82, 2.24) is 14.9 Å². The minimum Gasteiger partial charge on any atom is -0.396 e. The summed E-state index contributed by atoms with van der Waals surface area (Å²) in [4.78, 5) is 39.7. The Balaban J connectivity index is 2.41. The van der Waals surface area contributed by atoms with Gasteiger partial charge in [0.25, 0.3) is 5.56 Å². The lowest BCUT2D eigenvalue weighted by Crippen LogP contribution is -2.39. The molecule has 1 aromatic heterocycles. The van der Waals surface area contributed by atoms with E-state index in [2.05, 4.69) is 4.98 Å². The molecule has 24 heavy (non-hydrogen) atoms. The van der Waals surface area contributed by atoms with Gasteiger partial charge in [0.2, 0.25) is 5.91 Å². The monoisotopic (exact) mass is 350 g/mol. The highest BCUT2D eigenvalue weighted by molar-refractivity contribution is 8.00. The van der Waals surface area contributed by atoms with E-state index in [4.69, 9.17) is 10.8 Å². The standard InChI is InChI=1S/C15H18N4O4S/c1-9(12(21)18-14(16)23)24-15-17-11-6-3-2-5-10(11)13(22)19(15)7-4-8-20/h2-3,5-6,9,20H,4,7-8H2,1H3,(H3,16,18,21,23)/t9-/m0/s1. The fraction of sp³-hybridized carbons (Fsp3) is 0.333. The molecule has 0 spiro atoms. The number of aliphatic hydroxyl groups is 1. The first-order chi connectivity index (χ1) is 11.4. The van der Waals surface area contributed by atoms with Crippen molar-refractivity contribution in [3.63, 3.8) is 0 Å². The molecule has 1 atom stereocenters. The number of hydrogen-bond acceptors (Lipinski definition) is 6. The van der Waals surface area contributed by atoms with Crippen LogP contribution in [0.1, 0.15) is 13.3 Å². The van der Waals surface area contributed by atoms with E-state index in [0.717, 1.165) is 11.8 Å². The van der Waals surface area contributed by atoms with Gasteiger partial charge in [-0.25, -0.2) is 9.78 Å². The van der Waals surface area contributed by atoms with Crippen LogP contribution in [0.4, 0.5) is 4.79 Å². The molecule has 0 fully saturated rings. The molecular weight excluding hydrogens is 332 g/mol. The number of para-hydroxylation sites is 1. The number of hydrogen-bond donors (Lipinski definition) is 3. The van der Waals surface area contributed by atoms with E-state index in [1.165, 1.54) is 4.57 Å². The number of nitrogens with one attached hydrogen (secondary N) is 1. The Labute approximate surface area is 142 Å². The third-order valence-electron chi connectivity index (χ3n) is 3.26. The van der Waals surface area contributed by atoms with Crippen molar-refractivity contribution in [2.75, 3.05) is 6.61 Å². The number of nitrogens with two attached hydrogens (primary N) is 1. The van der Waals surface area contributed by atoms with Gasteiger partial charge >= 0.3 is 6.03 Å². The molecular formula is C15H18N4O4S. The average molecular weight is 350 g/mol. The first-order valence-corrected chi connectivity index (χ1v) is 8.19. The normalized spacial score (nSPS) is 12.1. The number of carbonyl (C=O) groups is 2. The fourth-order valence-electron chi connectivity index (χ4n) is 2.10. The Hall–Kier alpha value is -2.39. The molecule has 8 nitrogen and oxygen atoms in total. The minimum absolute atomic E-state index is 0.0684. The summed E-state index contributed by atoms with van der Waals surface area (Å²) in [5.74, 6) is -0.566. The number of benzene rings is 1. The Morgan fingerprint density at radius 1 is 1.42 bits per heavy atom. The average Bonchev–Trinajstić information content (AvgIpc) is 2.54. The summed E-state index contributed by atoms with van der Waals surface area (Å²) >= 11 is 1.05. The quantitative estimate of drug-likeness (QED) is 0.513. The zero-order valence-corrected chi connectivity index (χ0v) is 13.9. The number of urea groups is 1. The molecule has 9 heteroatoms. The molecule has 0 aliphatic rings. The summed E-state index contributed by atoms with van der Waals surface area (Å²) in [6, 6.07) is 5.97. The largest absolute Gasteiger partial charge is 0.396 e. The van der Waals surface area contributed by atoms with Crippen LogP contribution in [0.15, 0.2) is 34.2 Å². The summed E-state index contributed by atoms with van der Waals surface area (Å²) in [7, 11) is 0. The Morgan fingerprint density at radius 2 is 2.12 bits per heavy atom. The first-order valence-electron chi connectivity index (χ1n) is 7.31. The molecule has 0 aliphatic carbocycles. The summed E-state index contributed by atoms with van der Waals surface area (Å²) in [5, 5.41) is 11.2. The molecule has 1 heterocycles. The van der Waals surface area contributed by atoms with E-state index in [0.29, 0.717) is 22.5 Å². The van der Waals surface area contributed by atoms with E-state index in [1.807, 2.05) is 5.32 Å². The van der Waals surface area contributed by atoms with E-state index < -0.39 is 17.2 Å². The van der Waals surface area contributed by atoms with E-state index in [1.54, 1.807) is 31.2 Å². The second-order valence-corrected chi connectivity index (χ2v) is 6.37. The van der Waals surface area contributed by atoms with Crippen molar-refractivity contribution in [2.24, 2.45) is 5.73 Å². The lowest BCUT2D eigenvalue weighted by atomic mass is 10.2. The fourth-order valence-corrected chi connectivity index (χ4v) is 3.03. The van der Waals surface area contributed by atoms with Crippen molar-refractivity contribution in [2.45, 2.75) is 30.3 Å². The number of amides is 3. The molecule has 0 aliphatic heterocycles. The van der Waals surface area contributed by atoms with Crippen LogP contribution >= 0.6 is 11.8 Å².